The molecule has 27 heavy (non-hydrogen) atoms. The van der Waals surface area contributed by atoms with Gasteiger partial charge >= 0.3 is 0 Å². The van der Waals surface area contributed by atoms with Gasteiger partial charge in [0.15, 0.2) is 5.82 Å². The maximum absolute atomic E-state index is 13.8. The highest BCUT2D eigenvalue weighted by atomic mass is 19.1. The zero-order valence-electron chi connectivity index (χ0n) is 14.4. The van der Waals surface area contributed by atoms with Gasteiger partial charge in [0.2, 0.25) is 0 Å². The first kappa shape index (κ1) is 15.7. The summed E-state index contributed by atoms with van der Waals surface area (Å²) >= 11 is 0. The molecule has 0 spiro atoms. The minimum Gasteiger partial charge on any atom is -0.332 e. The van der Waals surface area contributed by atoms with Crippen molar-refractivity contribution >= 4 is 16.8 Å². The second-order valence-electron chi connectivity index (χ2n) is 6.58. The van der Waals surface area contributed by atoms with Crippen molar-refractivity contribution in [2.24, 2.45) is 0 Å². The topological polar surface area (TPSA) is 66.8 Å². The Hall–Kier alpha value is -3.48. The molecule has 1 aliphatic rings. The molecule has 0 fully saturated rings. The first-order valence-electron chi connectivity index (χ1n) is 8.75. The fourth-order valence-corrected chi connectivity index (χ4v) is 3.62. The number of aromatic amines is 1. The molecule has 1 amide bonds. The quantitative estimate of drug-likeness (QED) is 0.597. The highest BCUT2D eigenvalue weighted by Gasteiger charge is 2.27. The van der Waals surface area contributed by atoms with E-state index in [0.717, 1.165) is 16.9 Å². The van der Waals surface area contributed by atoms with E-state index in [1.165, 1.54) is 6.07 Å². The highest BCUT2D eigenvalue weighted by Crippen LogP contribution is 2.25. The van der Waals surface area contributed by atoms with Crippen molar-refractivity contribution in [3.63, 3.8) is 0 Å². The van der Waals surface area contributed by atoms with Gasteiger partial charge in [0.25, 0.3) is 5.91 Å². The molecule has 3 heterocycles. The molecule has 1 N–H and O–H groups in total. The van der Waals surface area contributed by atoms with Gasteiger partial charge in [0.1, 0.15) is 11.2 Å². The van der Waals surface area contributed by atoms with Crippen LogP contribution >= 0.6 is 0 Å². The second kappa shape index (κ2) is 6.05. The molecule has 0 saturated carbocycles. The zero-order chi connectivity index (χ0) is 18.4. The van der Waals surface area contributed by atoms with Gasteiger partial charge in [-0.1, -0.05) is 30.3 Å². The third-order valence-corrected chi connectivity index (χ3v) is 4.97. The SMILES string of the molecule is O=C(c1[nH]nc2c(F)cccc12)N1CCc2c(cnn2-c2ccccc2)C1. The van der Waals surface area contributed by atoms with Crippen molar-refractivity contribution < 1.29 is 9.18 Å². The van der Waals surface area contributed by atoms with Crippen molar-refractivity contribution in [1.29, 1.82) is 0 Å². The van der Waals surface area contributed by atoms with Crippen molar-refractivity contribution in [3.8, 4) is 5.69 Å². The standard InChI is InChI=1S/C20H16FN5O/c21-16-8-4-7-15-18(16)23-24-19(15)20(27)25-10-9-17-13(12-25)11-22-26(17)14-5-2-1-3-6-14/h1-8,11H,9-10,12H2,(H,23,24). The number of rotatable bonds is 2. The highest BCUT2D eigenvalue weighted by molar-refractivity contribution is 6.04. The van der Waals surface area contributed by atoms with E-state index >= 15 is 0 Å². The summed E-state index contributed by atoms with van der Waals surface area (Å²) in [6.07, 6.45) is 2.52. The fraction of sp³-hybridized carbons (Fsp3) is 0.150. The van der Waals surface area contributed by atoms with Crippen LogP contribution in [-0.2, 0) is 13.0 Å². The van der Waals surface area contributed by atoms with E-state index in [9.17, 15) is 9.18 Å². The predicted octanol–water partition coefficient (Wildman–Crippen LogP) is 3.09. The van der Waals surface area contributed by atoms with Gasteiger partial charge in [-0.15, -0.1) is 0 Å². The molecule has 5 rings (SSSR count). The lowest BCUT2D eigenvalue weighted by Gasteiger charge is -2.27. The van der Waals surface area contributed by atoms with Crippen LogP contribution in [-0.4, -0.2) is 37.3 Å². The van der Waals surface area contributed by atoms with E-state index in [2.05, 4.69) is 15.3 Å². The molecule has 2 aromatic heterocycles. The Morgan fingerprint density at radius 1 is 1.11 bits per heavy atom. The monoisotopic (exact) mass is 361 g/mol. The van der Waals surface area contributed by atoms with Crippen LogP contribution in [0.2, 0.25) is 0 Å². The number of H-pyrrole nitrogens is 1. The van der Waals surface area contributed by atoms with Crippen molar-refractivity contribution in [2.45, 2.75) is 13.0 Å². The number of fused-ring (bicyclic) bond motifs is 2. The number of nitrogens with zero attached hydrogens (tertiary/aromatic N) is 4. The molecule has 0 bridgehead atoms. The Kier molecular flexibility index (Phi) is 3.53. The normalized spacial score (nSPS) is 13.7. The maximum atomic E-state index is 13.8. The molecule has 0 atom stereocenters. The molecule has 1 aliphatic heterocycles. The minimum atomic E-state index is -0.437. The van der Waals surface area contributed by atoms with Gasteiger partial charge in [-0.2, -0.15) is 10.2 Å². The third kappa shape index (κ3) is 2.51. The Labute approximate surface area is 154 Å². The number of para-hydroxylation sites is 2. The Morgan fingerprint density at radius 2 is 1.96 bits per heavy atom. The number of halogens is 1. The fourth-order valence-electron chi connectivity index (χ4n) is 3.62. The van der Waals surface area contributed by atoms with Gasteiger partial charge in [-0.3, -0.25) is 9.89 Å². The number of aromatic nitrogens is 4. The largest absolute Gasteiger partial charge is 0.332 e. The summed E-state index contributed by atoms with van der Waals surface area (Å²) in [7, 11) is 0. The smallest absolute Gasteiger partial charge is 0.272 e. The van der Waals surface area contributed by atoms with Gasteiger partial charge in [0, 0.05) is 30.5 Å². The third-order valence-electron chi connectivity index (χ3n) is 4.97. The van der Waals surface area contributed by atoms with Crippen LogP contribution in [0, 0.1) is 5.82 Å². The average Bonchev–Trinajstić information content (AvgIpc) is 3.33. The van der Waals surface area contributed by atoms with Crippen LogP contribution in [0.25, 0.3) is 16.6 Å². The van der Waals surface area contributed by atoms with Gasteiger partial charge < -0.3 is 4.90 Å². The number of hydrogen-bond acceptors (Lipinski definition) is 3. The van der Waals surface area contributed by atoms with Crippen molar-refractivity contribution in [1.82, 2.24) is 24.9 Å². The van der Waals surface area contributed by atoms with Crippen LogP contribution in [0.1, 0.15) is 21.7 Å². The van der Waals surface area contributed by atoms with E-state index in [1.54, 1.807) is 17.0 Å². The van der Waals surface area contributed by atoms with E-state index in [4.69, 9.17) is 0 Å². The molecule has 134 valence electrons. The van der Waals surface area contributed by atoms with E-state index in [1.807, 2.05) is 41.2 Å². The molecule has 2 aromatic carbocycles. The molecule has 0 saturated heterocycles. The lowest BCUT2D eigenvalue weighted by molar-refractivity contribution is 0.0729. The number of carbonyl (C=O) groups excluding carboxylic acids is 1. The molecular formula is C20H16FN5O. The van der Waals surface area contributed by atoms with E-state index in [-0.39, 0.29) is 11.4 Å². The molecule has 0 unspecified atom stereocenters. The number of carbonyl (C=O) groups is 1. The van der Waals surface area contributed by atoms with Crippen molar-refractivity contribution in [2.75, 3.05) is 6.54 Å². The van der Waals surface area contributed by atoms with Crippen LogP contribution in [0.15, 0.2) is 54.7 Å². The summed E-state index contributed by atoms with van der Waals surface area (Å²) in [6.45, 7) is 1.04. The molecule has 6 nitrogen and oxygen atoms in total. The number of benzene rings is 2. The first-order valence-corrected chi connectivity index (χ1v) is 8.75. The number of hydrogen-bond donors (Lipinski definition) is 1. The molecule has 4 aromatic rings. The molecule has 7 heteroatoms. The average molecular weight is 361 g/mol. The van der Waals surface area contributed by atoms with E-state index < -0.39 is 5.82 Å². The van der Waals surface area contributed by atoms with E-state index in [0.29, 0.717) is 30.6 Å². The lowest BCUT2D eigenvalue weighted by Crippen LogP contribution is -2.36. The minimum absolute atomic E-state index is 0.179. The molecule has 0 radical (unpaired) electrons. The molecule has 0 aliphatic carbocycles. The summed E-state index contributed by atoms with van der Waals surface area (Å²) in [5.41, 5.74) is 3.66. The maximum Gasteiger partial charge on any atom is 0.272 e. The van der Waals surface area contributed by atoms with Crippen LogP contribution in [0.5, 0.6) is 0 Å². The second-order valence-corrected chi connectivity index (χ2v) is 6.58. The summed E-state index contributed by atoms with van der Waals surface area (Å²) in [4.78, 5) is 14.7. The zero-order valence-corrected chi connectivity index (χ0v) is 14.4. The number of amides is 1. The van der Waals surface area contributed by atoms with Crippen LogP contribution in [0.3, 0.4) is 0 Å². The summed E-state index contributed by atoms with van der Waals surface area (Å²) in [5, 5.41) is 11.7. The molecular weight excluding hydrogens is 345 g/mol. The van der Waals surface area contributed by atoms with Crippen LogP contribution < -0.4 is 0 Å². The summed E-state index contributed by atoms with van der Waals surface area (Å²) < 4.78 is 15.8. The van der Waals surface area contributed by atoms with Gasteiger partial charge in [-0.05, 0) is 18.2 Å². The first-order chi connectivity index (χ1) is 13.2. The summed E-state index contributed by atoms with van der Waals surface area (Å²) in [6, 6.07) is 14.6. The van der Waals surface area contributed by atoms with Crippen LogP contribution in [0.4, 0.5) is 4.39 Å². The predicted molar refractivity (Wildman–Crippen MR) is 98.1 cm³/mol. The number of nitrogens with one attached hydrogen (secondary N) is 1. The van der Waals surface area contributed by atoms with Gasteiger partial charge in [-0.25, -0.2) is 9.07 Å². The Balaban J connectivity index is 1.45. The Bertz CT molecular complexity index is 1150. The Morgan fingerprint density at radius 3 is 2.81 bits per heavy atom. The summed E-state index contributed by atoms with van der Waals surface area (Å²) in [5.74, 6) is -0.617. The lowest BCUT2D eigenvalue weighted by atomic mass is 10.1. The van der Waals surface area contributed by atoms with Crippen molar-refractivity contribution in [3.05, 3.63) is 77.5 Å². The van der Waals surface area contributed by atoms with Gasteiger partial charge in [0.05, 0.1) is 17.6 Å².